The van der Waals surface area contributed by atoms with Crippen molar-refractivity contribution >= 4 is 11.6 Å². The third-order valence-electron chi connectivity index (χ3n) is 2.88. The van der Waals surface area contributed by atoms with E-state index in [-0.39, 0.29) is 0 Å². The van der Waals surface area contributed by atoms with E-state index in [0.717, 1.165) is 18.7 Å². The quantitative estimate of drug-likeness (QED) is 0.913. The summed E-state index contributed by atoms with van der Waals surface area (Å²) in [5, 5.41) is 4.84. The summed E-state index contributed by atoms with van der Waals surface area (Å²) in [6, 6.07) is 3.09. The number of nitrogens with two attached hydrogens (primary N) is 1. The number of pyridine rings is 1. The number of methoxy groups -OCH3 is 1. The summed E-state index contributed by atoms with van der Waals surface area (Å²) >= 11 is 6.15. The molecule has 0 aliphatic heterocycles. The number of hydrogen-bond donors (Lipinski definition) is 1. The maximum absolute atomic E-state index is 6.28. The Hall–Kier alpha value is -1.59. The molecule has 0 bridgehead atoms. The molecule has 0 aromatic carbocycles. The fraction of sp³-hybridized carbons (Fsp3) is 0.385. The molecule has 6 heteroatoms. The molecule has 5 nitrogen and oxygen atoms in total. The molecule has 1 unspecified atom stereocenters. The molecule has 0 amide bonds. The molecular weight excluding hydrogens is 264 g/mol. The molecule has 19 heavy (non-hydrogen) atoms. The molecule has 0 saturated heterocycles. The Labute approximate surface area is 117 Å². The van der Waals surface area contributed by atoms with Crippen LogP contribution < -0.4 is 10.5 Å². The highest BCUT2D eigenvalue weighted by Gasteiger charge is 2.22. The van der Waals surface area contributed by atoms with Crippen LogP contribution in [-0.2, 0) is 6.54 Å². The lowest BCUT2D eigenvalue weighted by Crippen LogP contribution is -2.19. The van der Waals surface area contributed by atoms with E-state index in [9.17, 15) is 0 Å². The molecule has 2 N–H and O–H groups in total. The van der Waals surface area contributed by atoms with Crippen LogP contribution in [0.25, 0.3) is 0 Å². The molecule has 2 heterocycles. The van der Waals surface area contributed by atoms with Crippen LogP contribution in [0.1, 0.15) is 30.8 Å². The van der Waals surface area contributed by atoms with Crippen LogP contribution in [0.4, 0.5) is 0 Å². The second-order valence-electron chi connectivity index (χ2n) is 4.17. The zero-order chi connectivity index (χ0) is 13.8. The molecule has 2 aromatic heterocycles. The first kappa shape index (κ1) is 13.8. The predicted molar refractivity (Wildman–Crippen MR) is 74.3 cm³/mol. The zero-order valence-electron chi connectivity index (χ0n) is 11.0. The van der Waals surface area contributed by atoms with Gasteiger partial charge in [0.1, 0.15) is 5.69 Å². The Bertz CT molecular complexity index is 555. The second kappa shape index (κ2) is 6.04. The molecule has 2 aromatic rings. The summed E-state index contributed by atoms with van der Waals surface area (Å²) in [6.07, 6.45) is 4.30. The number of hydrogen-bond acceptors (Lipinski definition) is 4. The van der Waals surface area contributed by atoms with Gasteiger partial charge in [-0.15, -0.1) is 0 Å². The fourth-order valence-corrected chi connectivity index (χ4v) is 2.23. The molecule has 1 atom stereocenters. The summed E-state index contributed by atoms with van der Waals surface area (Å²) in [7, 11) is 1.60. The van der Waals surface area contributed by atoms with E-state index in [2.05, 4.69) is 17.0 Å². The van der Waals surface area contributed by atoms with Crippen molar-refractivity contribution < 1.29 is 4.74 Å². The Morgan fingerprint density at radius 1 is 1.53 bits per heavy atom. The monoisotopic (exact) mass is 280 g/mol. The Morgan fingerprint density at radius 2 is 2.32 bits per heavy atom. The van der Waals surface area contributed by atoms with E-state index in [0.29, 0.717) is 16.5 Å². The third kappa shape index (κ3) is 2.72. The van der Waals surface area contributed by atoms with Crippen LogP contribution in [0.5, 0.6) is 5.75 Å². The fourth-order valence-electron chi connectivity index (χ4n) is 1.99. The summed E-state index contributed by atoms with van der Waals surface area (Å²) in [4.78, 5) is 4.26. The van der Waals surface area contributed by atoms with Gasteiger partial charge in [0.25, 0.3) is 0 Å². The molecule has 0 aliphatic carbocycles. The van der Waals surface area contributed by atoms with Crippen LogP contribution in [0.2, 0.25) is 5.02 Å². The maximum atomic E-state index is 6.28. The summed E-state index contributed by atoms with van der Waals surface area (Å²) < 4.78 is 7.16. The van der Waals surface area contributed by atoms with Gasteiger partial charge in [-0.3, -0.25) is 9.67 Å². The summed E-state index contributed by atoms with van der Waals surface area (Å²) in [6.45, 7) is 2.86. The highest BCUT2D eigenvalue weighted by molar-refractivity contribution is 6.31. The van der Waals surface area contributed by atoms with Gasteiger partial charge in [-0.1, -0.05) is 18.5 Å². The third-order valence-corrected chi connectivity index (χ3v) is 3.20. The van der Waals surface area contributed by atoms with Crippen molar-refractivity contribution in [2.45, 2.75) is 25.9 Å². The van der Waals surface area contributed by atoms with Gasteiger partial charge in [0.05, 0.1) is 30.1 Å². The van der Waals surface area contributed by atoms with Crippen molar-refractivity contribution in [2.24, 2.45) is 5.73 Å². The van der Waals surface area contributed by atoms with Crippen LogP contribution in [0.15, 0.2) is 24.5 Å². The van der Waals surface area contributed by atoms with Crippen LogP contribution in [-0.4, -0.2) is 21.9 Å². The van der Waals surface area contributed by atoms with Gasteiger partial charge in [0, 0.05) is 12.7 Å². The van der Waals surface area contributed by atoms with Crippen LogP contribution >= 0.6 is 11.6 Å². The van der Waals surface area contributed by atoms with Gasteiger partial charge in [0.15, 0.2) is 5.75 Å². The van der Waals surface area contributed by atoms with Gasteiger partial charge in [-0.2, -0.15) is 5.10 Å². The average Bonchev–Trinajstić information content (AvgIpc) is 2.82. The predicted octanol–water partition coefficient (Wildman–Crippen LogP) is 2.40. The largest absolute Gasteiger partial charge is 0.493 e. The van der Waals surface area contributed by atoms with Crippen LogP contribution in [0, 0.1) is 0 Å². The second-order valence-corrected chi connectivity index (χ2v) is 4.58. The van der Waals surface area contributed by atoms with E-state index in [4.69, 9.17) is 22.1 Å². The van der Waals surface area contributed by atoms with Gasteiger partial charge in [0.2, 0.25) is 0 Å². The van der Waals surface area contributed by atoms with Gasteiger partial charge in [-0.25, -0.2) is 0 Å². The first-order valence-electron chi connectivity index (χ1n) is 6.14. The minimum absolute atomic E-state index is 0.460. The molecule has 2 rings (SSSR count). The topological polar surface area (TPSA) is 66.0 Å². The number of aryl methyl sites for hydroxylation is 1. The standard InChI is InChI=1S/C13H17ClN4O/c1-3-7-18-13(10(19-2)8-17-18)11(15)12-9(14)5-4-6-16-12/h4-6,8,11H,3,7,15H2,1-2H3. The molecule has 0 saturated carbocycles. The average molecular weight is 281 g/mol. The Kier molecular flexibility index (Phi) is 4.39. The lowest BCUT2D eigenvalue weighted by molar-refractivity contribution is 0.403. The van der Waals surface area contributed by atoms with Gasteiger partial charge >= 0.3 is 0 Å². The van der Waals surface area contributed by atoms with E-state index in [1.807, 2.05) is 4.68 Å². The number of aromatic nitrogens is 3. The SMILES string of the molecule is CCCn1ncc(OC)c1C(N)c1ncccc1Cl. The first-order valence-corrected chi connectivity index (χ1v) is 6.52. The smallest absolute Gasteiger partial charge is 0.161 e. The molecule has 0 fully saturated rings. The van der Waals surface area contributed by atoms with E-state index >= 15 is 0 Å². The minimum Gasteiger partial charge on any atom is -0.493 e. The number of nitrogens with zero attached hydrogens (tertiary/aromatic N) is 3. The zero-order valence-corrected chi connectivity index (χ0v) is 11.8. The van der Waals surface area contributed by atoms with Crippen molar-refractivity contribution in [1.29, 1.82) is 0 Å². The Balaban J connectivity index is 2.45. The van der Waals surface area contributed by atoms with Crippen LogP contribution in [0.3, 0.4) is 0 Å². The van der Waals surface area contributed by atoms with Crippen molar-refractivity contribution in [2.75, 3.05) is 7.11 Å². The number of ether oxygens (including phenoxy) is 1. The number of halogens is 1. The van der Waals surface area contributed by atoms with Crippen molar-refractivity contribution in [3.63, 3.8) is 0 Å². The first-order chi connectivity index (χ1) is 9.19. The molecule has 0 aliphatic rings. The maximum Gasteiger partial charge on any atom is 0.161 e. The number of rotatable bonds is 5. The summed E-state index contributed by atoms with van der Waals surface area (Å²) in [5.74, 6) is 0.655. The summed E-state index contributed by atoms with van der Waals surface area (Å²) in [5.41, 5.74) is 7.70. The lowest BCUT2D eigenvalue weighted by atomic mass is 10.1. The normalized spacial score (nSPS) is 12.4. The Morgan fingerprint density at radius 3 is 2.95 bits per heavy atom. The van der Waals surface area contributed by atoms with E-state index in [1.54, 1.807) is 31.6 Å². The molecule has 0 radical (unpaired) electrons. The lowest BCUT2D eigenvalue weighted by Gasteiger charge is -2.16. The van der Waals surface area contributed by atoms with Crippen molar-refractivity contribution in [3.05, 3.63) is 40.9 Å². The molecular formula is C13H17ClN4O. The van der Waals surface area contributed by atoms with E-state index < -0.39 is 6.04 Å². The van der Waals surface area contributed by atoms with Gasteiger partial charge < -0.3 is 10.5 Å². The van der Waals surface area contributed by atoms with Crippen molar-refractivity contribution in [1.82, 2.24) is 14.8 Å². The minimum atomic E-state index is -0.460. The highest BCUT2D eigenvalue weighted by Crippen LogP contribution is 2.30. The van der Waals surface area contributed by atoms with E-state index in [1.165, 1.54) is 0 Å². The van der Waals surface area contributed by atoms with Crippen molar-refractivity contribution in [3.8, 4) is 5.75 Å². The highest BCUT2D eigenvalue weighted by atomic mass is 35.5. The molecule has 102 valence electrons. The van der Waals surface area contributed by atoms with Gasteiger partial charge in [-0.05, 0) is 18.6 Å². The molecule has 0 spiro atoms.